The van der Waals surface area contributed by atoms with E-state index in [4.69, 9.17) is 10.2 Å². The zero-order chi connectivity index (χ0) is 30.1. The van der Waals surface area contributed by atoms with E-state index < -0.39 is 11.9 Å². The molecule has 9 heteroatoms. The fraction of sp³-hybridized carbons (Fsp3) is 0.944. The Kier molecular flexibility index (Phi) is 69.9. The summed E-state index contributed by atoms with van der Waals surface area (Å²) < 4.78 is 0. The maximum atomic E-state index is 10.3. The van der Waals surface area contributed by atoms with E-state index in [0.717, 1.165) is 37.5 Å². The summed E-state index contributed by atoms with van der Waals surface area (Å²) in [6.45, 7) is 9.23. The molecule has 2 N–H and O–H groups in total. The molecule has 0 saturated carbocycles. The van der Waals surface area contributed by atoms with E-state index in [9.17, 15) is 9.59 Å². The van der Waals surface area contributed by atoms with Crippen LogP contribution in [0.4, 0.5) is 0 Å². The predicted octanol–water partition coefficient (Wildman–Crippen LogP) is 12.1. The van der Waals surface area contributed by atoms with Gasteiger partial charge >= 0.3 is 70.4 Å². The number of rotatable bonds is 30. The standard InChI is InChI=1S/2C18H36O2.2O.3Zn/c2*1-17(2)15-13-11-9-7-5-3-4-6-8-10-12-14-16-18(19)20;;;;;/h2*17H,3-16H2,1-2H3,(H,19,20);;;;;/q;;2*-2;3*+2. The van der Waals surface area contributed by atoms with Crippen molar-refractivity contribution in [3.8, 4) is 0 Å². The monoisotopic (exact) mass is 792 g/mol. The van der Waals surface area contributed by atoms with Gasteiger partial charge in [0.25, 0.3) is 0 Å². The van der Waals surface area contributed by atoms with Crippen molar-refractivity contribution in [1.29, 1.82) is 0 Å². The summed E-state index contributed by atoms with van der Waals surface area (Å²) in [6, 6.07) is 0. The van der Waals surface area contributed by atoms with Gasteiger partial charge in [-0.05, 0) is 24.7 Å². The number of carboxylic acid groups (broad SMARTS) is 2. The first-order chi connectivity index (χ1) is 19.3. The topological polar surface area (TPSA) is 132 Å². The van der Waals surface area contributed by atoms with E-state index >= 15 is 0 Å². The molecule has 0 fully saturated rings. The predicted molar refractivity (Wildman–Crippen MR) is 176 cm³/mol. The average molecular weight is 797 g/mol. The largest absolute Gasteiger partial charge is 2.00 e. The normalized spacial score (nSPS) is 9.91. The maximum absolute atomic E-state index is 10.3. The van der Waals surface area contributed by atoms with Crippen molar-refractivity contribution in [2.45, 2.75) is 207 Å². The van der Waals surface area contributed by atoms with Gasteiger partial charge in [-0.1, -0.05) is 182 Å². The molecule has 0 aromatic rings. The minimum absolute atomic E-state index is 0. The molecule has 0 rings (SSSR count). The zero-order valence-electron chi connectivity index (χ0n) is 30.6. The quantitative estimate of drug-likeness (QED) is 0.0553. The molecular formula is C36H72O6Zn3+2. The second kappa shape index (κ2) is 51.6. The van der Waals surface area contributed by atoms with Crippen LogP contribution in [-0.2, 0) is 79.0 Å². The summed E-state index contributed by atoms with van der Waals surface area (Å²) in [5, 5.41) is 17.0. The van der Waals surface area contributed by atoms with Crippen molar-refractivity contribution < 1.29 is 89.2 Å². The second-order valence-corrected chi connectivity index (χ2v) is 13.1. The Labute approximate surface area is 318 Å². The average Bonchev–Trinajstić information content (AvgIpc) is 2.88. The molecule has 6 nitrogen and oxygen atoms in total. The molecule has 0 unspecified atom stereocenters. The zero-order valence-corrected chi connectivity index (χ0v) is 39.5. The molecule has 0 amide bonds. The molecular weight excluding hydrogens is 725 g/mol. The van der Waals surface area contributed by atoms with Crippen LogP contribution in [0.15, 0.2) is 0 Å². The van der Waals surface area contributed by atoms with E-state index in [-0.39, 0.29) is 69.4 Å². The number of hydrogen-bond donors (Lipinski definition) is 2. The minimum atomic E-state index is -0.654. The molecule has 0 saturated heterocycles. The fourth-order valence-corrected chi connectivity index (χ4v) is 5.19. The molecule has 0 aromatic heterocycles. The van der Waals surface area contributed by atoms with Crippen molar-refractivity contribution in [2.75, 3.05) is 0 Å². The van der Waals surface area contributed by atoms with Gasteiger partial charge in [-0.3, -0.25) is 9.59 Å². The van der Waals surface area contributed by atoms with Crippen molar-refractivity contribution in [3.63, 3.8) is 0 Å². The van der Waals surface area contributed by atoms with Crippen LogP contribution in [0.2, 0.25) is 0 Å². The molecule has 45 heavy (non-hydrogen) atoms. The number of hydrogen-bond acceptors (Lipinski definition) is 2. The maximum Gasteiger partial charge on any atom is 2.00 e. The van der Waals surface area contributed by atoms with Gasteiger partial charge in [0.05, 0.1) is 0 Å². The summed E-state index contributed by atoms with van der Waals surface area (Å²) in [7, 11) is 0. The van der Waals surface area contributed by atoms with Gasteiger partial charge in [0, 0.05) is 12.8 Å². The van der Waals surface area contributed by atoms with Crippen LogP contribution in [-0.4, -0.2) is 22.2 Å². The molecule has 256 valence electrons. The van der Waals surface area contributed by atoms with Crippen LogP contribution in [0, 0.1) is 11.8 Å². The third-order valence-corrected chi connectivity index (χ3v) is 7.84. The minimum Gasteiger partial charge on any atom is -2.00 e. The Balaban J connectivity index is -0.000000116. The third-order valence-electron chi connectivity index (χ3n) is 7.84. The molecule has 0 aromatic carbocycles. The second-order valence-electron chi connectivity index (χ2n) is 13.1. The molecule has 0 spiro atoms. The van der Waals surface area contributed by atoms with E-state index in [1.807, 2.05) is 0 Å². The molecule has 0 heterocycles. The van der Waals surface area contributed by atoms with Crippen LogP contribution in [0.3, 0.4) is 0 Å². The van der Waals surface area contributed by atoms with Gasteiger partial charge in [0.15, 0.2) is 0 Å². The van der Waals surface area contributed by atoms with Gasteiger partial charge in [0.2, 0.25) is 0 Å². The van der Waals surface area contributed by atoms with Crippen LogP contribution in [0.5, 0.6) is 0 Å². The summed E-state index contributed by atoms with van der Waals surface area (Å²) in [5.74, 6) is 0.424. The Hall–Kier alpha value is 0.730. The number of carbonyl (C=O) groups is 2. The SMILES string of the molecule is CC(C)CCCCCCCCCCCCCCC(=O)O.CC(C)CCCCCCCCCCCCCCC(=O)O.[O-2].[O-2].[Zn+2].[Zn+2].[Zn+2]. The third kappa shape index (κ3) is 67.7. The van der Waals surface area contributed by atoms with Gasteiger partial charge in [-0.15, -0.1) is 0 Å². The van der Waals surface area contributed by atoms with Crippen molar-refractivity contribution in [1.82, 2.24) is 0 Å². The molecule has 0 aliphatic rings. The molecule has 0 radical (unpaired) electrons. The van der Waals surface area contributed by atoms with E-state index in [1.165, 1.54) is 141 Å². The van der Waals surface area contributed by atoms with Gasteiger partial charge < -0.3 is 21.2 Å². The van der Waals surface area contributed by atoms with Gasteiger partial charge in [0.1, 0.15) is 0 Å². The van der Waals surface area contributed by atoms with Crippen LogP contribution >= 0.6 is 0 Å². The first kappa shape index (κ1) is 61.0. The summed E-state index contributed by atoms with van der Waals surface area (Å²) >= 11 is 0. The molecule has 0 aliphatic carbocycles. The molecule has 0 bridgehead atoms. The Morgan fingerprint density at radius 3 is 0.667 bits per heavy atom. The number of carboxylic acids is 2. The molecule has 0 aliphatic heterocycles. The number of aliphatic carboxylic acids is 2. The van der Waals surface area contributed by atoms with E-state index in [0.29, 0.717) is 12.8 Å². The van der Waals surface area contributed by atoms with Crippen LogP contribution in [0.25, 0.3) is 0 Å². The first-order valence-corrected chi connectivity index (χ1v) is 17.7. The number of unbranched alkanes of at least 4 members (excludes halogenated alkanes) is 22. The fourth-order valence-electron chi connectivity index (χ4n) is 5.19. The first-order valence-electron chi connectivity index (χ1n) is 17.7. The summed E-state index contributed by atoms with van der Waals surface area (Å²) in [5.41, 5.74) is 0. The van der Waals surface area contributed by atoms with E-state index in [2.05, 4.69) is 27.7 Å². The van der Waals surface area contributed by atoms with Crippen molar-refractivity contribution in [3.05, 3.63) is 0 Å². The van der Waals surface area contributed by atoms with Crippen molar-refractivity contribution in [2.24, 2.45) is 11.8 Å². The Morgan fingerprint density at radius 2 is 0.511 bits per heavy atom. The Bertz CT molecular complexity index is 491. The van der Waals surface area contributed by atoms with Gasteiger partial charge in [-0.25, -0.2) is 0 Å². The van der Waals surface area contributed by atoms with Crippen molar-refractivity contribution >= 4 is 11.9 Å². The summed E-state index contributed by atoms with van der Waals surface area (Å²) in [6.07, 6.45) is 34.6. The summed E-state index contributed by atoms with van der Waals surface area (Å²) in [4.78, 5) is 20.7. The van der Waals surface area contributed by atoms with E-state index in [1.54, 1.807) is 0 Å². The van der Waals surface area contributed by atoms with Crippen LogP contribution in [0.1, 0.15) is 207 Å². The Morgan fingerprint density at radius 1 is 0.356 bits per heavy atom. The van der Waals surface area contributed by atoms with Gasteiger partial charge in [-0.2, -0.15) is 0 Å². The molecule has 0 atom stereocenters. The van der Waals surface area contributed by atoms with Crippen LogP contribution < -0.4 is 0 Å². The smallest absolute Gasteiger partial charge is 2.00 e.